The summed E-state index contributed by atoms with van der Waals surface area (Å²) in [5, 5.41) is 0. The molecule has 1 saturated heterocycles. The standard InChI is InChI=1S/C20H26N4O4S/c1-4-15-12-21-20(22-13-15)28-17-6-5-11-24(14-17)19(25)16-7-9-18(10-8-16)29(26,27)23(2)3/h7-10,12-13,17H,4-6,11,14H2,1-3H3. The van der Waals surface area contributed by atoms with Crippen molar-refractivity contribution in [1.29, 1.82) is 0 Å². The summed E-state index contributed by atoms with van der Waals surface area (Å²) in [6, 6.07) is 6.35. The molecule has 0 aliphatic carbocycles. The van der Waals surface area contributed by atoms with Crippen molar-refractivity contribution in [3.63, 3.8) is 0 Å². The van der Waals surface area contributed by atoms with Crippen LogP contribution in [0.3, 0.4) is 0 Å². The highest BCUT2D eigenvalue weighted by molar-refractivity contribution is 7.89. The number of aryl methyl sites for hydroxylation is 1. The molecule has 156 valence electrons. The van der Waals surface area contributed by atoms with Gasteiger partial charge in [-0.1, -0.05) is 6.92 Å². The second-order valence-corrected chi connectivity index (χ2v) is 9.32. The summed E-state index contributed by atoms with van der Waals surface area (Å²) in [7, 11) is -0.570. The second-order valence-electron chi connectivity index (χ2n) is 7.17. The van der Waals surface area contributed by atoms with Crippen LogP contribution in [0.2, 0.25) is 0 Å². The number of piperidine rings is 1. The number of sulfonamides is 1. The van der Waals surface area contributed by atoms with Crippen molar-refractivity contribution in [3.8, 4) is 6.01 Å². The Balaban J connectivity index is 1.66. The van der Waals surface area contributed by atoms with E-state index in [0.717, 1.165) is 29.1 Å². The summed E-state index contributed by atoms with van der Waals surface area (Å²) in [6.45, 7) is 3.11. The highest BCUT2D eigenvalue weighted by atomic mass is 32.2. The number of benzene rings is 1. The molecule has 3 rings (SSSR count). The first-order valence-electron chi connectivity index (χ1n) is 9.60. The van der Waals surface area contributed by atoms with Gasteiger partial charge in [-0.15, -0.1) is 0 Å². The molecule has 0 spiro atoms. The zero-order valence-electron chi connectivity index (χ0n) is 16.9. The highest BCUT2D eigenvalue weighted by Gasteiger charge is 2.27. The van der Waals surface area contributed by atoms with Gasteiger partial charge in [0.1, 0.15) is 6.10 Å². The molecule has 9 heteroatoms. The van der Waals surface area contributed by atoms with E-state index in [2.05, 4.69) is 9.97 Å². The second kappa shape index (κ2) is 8.87. The number of hydrogen-bond donors (Lipinski definition) is 0. The normalized spacial score (nSPS) is 17.4. The van der Waals surface area contributed by atoms with Crippen LogP contribution in [0.15, 0.2) is 41.6 Å². The van der Waals surface area contributed by atoms with Crippen molar-refractivity contribution in [2.24, 2.45) is 0 Å². The SMILES string of the molecule is CCc1cnc(OC2CCCN(C(=O)c3ccc(S(=O)(=O)N(C)C)cc3)C2)nc1. The van der Waals surface area contributed by atoms with Crippen LogP contribution in [0.4, 0.5) is 0 Å². The van der Waals surface area contributed by atoms with Crippen LogP contribution in [0, 0.1) is 0 Å². The Bertz CT molecular complexity index is 943. The van der Waals surface area contributed by atoms with Crippen LogP contribution in [0.1, 0.15) is 35.7 Å². The molecule has 1 aromatic heterocycles. The largest absolute Gasteiger partial charge is 0.458 e. The third-order valence-electron chi connectivity index (χ3n) is 4.91. The minimum absolute atomic E-state index is 0.144. The first-order valence-corrected chi connectivity index (χ1v) is 11.0. The number of carbonyl (C=O) groups is 1. The number of nitrogens with zero attached hydrogens (tertiary/aromatic N) is 4. The maximum atomic E-state index is 12.9. The first-order chi connectivity index (χ1) is 13.8. The average Bonchev–Trinajstić information content (AvgIpc) is 2.74. The lowest BCUT2D eigenvalue weighted by Gasteiger charge is -2.32. The lowest BCUT2D eigenvalue weighted by atomic mass is 10.1. The van der Waals surface area contributed by atoms with Gasteiger partial charge in [0, 0.05) is 38.6 Å². The molecule has 2 aromatic rings. The van der Waals surface area contributed by atoms with E-state index < -0.39 is 10.0 Å². The van der Waals surface area contributed by atoms with Gasteiger partial charge in [0.25, 0.3) is 5.91 Å². The van der Waals surface area contributed by atoms with E-state index >= 15 is 0 Å². The molecule has 1 aromatic carbocycles. The van der Waals surface area contributed by atoms with Crippen LogP contribution in [0.5, 0.6) is 6.01 Å². The molecule has 1 aliphatic heterocycles. The minimum Gasteiger partial charge on any atom is -0.458 e. The van der Waals surface area contributed by atoms with Gasteiger partial charge in [-0.05, 0) is 49.1 Å². The van der Waals surface area contributed by atoms with Crippen molar-refractivity contribution >= 4 is 15.9 Å². The Morgan fingerprint density at radius 2 is 1.86 bits per heavy atom. The Labute approximate surface area is 171 Å². The molecule has 0 saturated carbocycles. The minimum atomic E-state index is -3.52. The molecular weight excluding hydrogens is 392 g/mol. The smallest absolute Gasteiger partial charge is 0.316 e. The third-order valence-corrected chi connectivity index (χ3v) is 6.74. The summed E-state index contributed by atoms with van der Waals surface area (Å²) in [6.07, 6.45) is 5.82. The van der Waals surface area contributed by atoms with Crippen LogP contribution in [-0.2, 0) is 16.4 Å². The van der Waals surface area contributed by atoms with Gasteiger partial charge < -0.3 is 9.64 Å². The number of carbonyl (C=O) groups excluding carboxylic acids is 1. The van der Waals surface area contributed by atoms with E-state index in [9.17, 15) is 13.2 Å². The van der Waals surface area contributed by atoms with E-state index in [-0.39, 0.29) is 16.9 Å². The number of likely N-dealkylation sites (tertiary alicyclic amines) is 1. The number of ether oxygens (including phenoxy) is 1. The van der Waals surface area contributed by atoms with Crippen molar-refractivity contribution in [2.75, 3.05) is 27.2 Å². The quantitative estimate of drug-likeness (QED) is 0.712. The van der Waals surface area contributed by atoms with Crippen molar-refractivity contribution in [1.82, 2.24) is 19.2 Å². The fourth-order valence-corrected chi connectivity index (χ4v) is 4.02. The molecule has 0 radical (unpaired) electrons. The maximum Gasteiger partial charge on any atom is 0.316 e. The molecule has 1 unspecified atom stereocenters. The number of aromatic nitrogens is 2. The monoisotopic (exact) mass is 418 g/mol. The highest BCUT2D eigenvalue weighted by Crippen LogP contribution is 2.19. The van der Waals surface area contributed by atoms with Crippen LogP contribution < -0.4 is 4.74 Å². The molecule has 2 heterocycles. The zero-order chi connectivity index (χ0) is 21.0. The fourth-order valence-electron chi connectivity index (χ4n) is 3.12. The topological polar surface area (TPSA) is 92.7 Å². The van der Waals surface area contributed by atoms with Gasteiger partial charge in [-0.2, -0.15) is 0 Å². The summed E-state index contributed by atoms with van der Waals surface area (Å²) in [5.41, 5.74) is 1.49. The van der Waals surface area contributed by atoms with Gasteiger partial charge in [-0.25, -0.2) is 22.7 Å². The van der Waals surface area contributed by atoms with Gasteiger partial charge >= 0.3 is 6.01 Å². The fraction of sp³-hybridized carbons (Fsp3) is 0.450. The molecule has 8 nitrogen and oxygen atoms in total. The Kier molecular flexibility index (Phi) is 6.49. The number of rotatable bonds is 6. The average molecular weight is 419 g/mol. The summed E-state index contributed by atoms with van der Waals surface area (Å²) in [5.74, 6) is -0.144. The predicted octanol–water partition coefficient (Wildman–Crippen LogP) is 1.97. The number of hydrogen-bond acceptors (Lipinski definition) is 6. The molecule has 0 bridgehead atoms. The zero-order valence-corrected chi connectivity index (χ0v) is 17.7. The van der Waals surface area contributed by atoms with Crippen molar-refractivity contribution in [3.05, 3.63) is 47.8 Å². The van der Waals surface area contributed by atoms with Crippen LogP contribution in [0.25, 0.3) is 0 Å². The van der Waals surface area contributed by atoms with E-state index in [1.54, 1.807) is 29.4 Å². The van der Waals surface area contributed by atoms with Crippen LogP contribution in [-0.4, -0.2) is 66.8 Å². The molecule has 1 aliphatic rings. The Morgan fingerprint density at radius 1 is 1.21 bits per heavy atom. The maximum absolute atomic E-state index is 12.9. The first kappa shape index (κ1) is 21.2. The molecule has 1 amide bonds. The Morgan fingerprint density at radius 3 is 2.45 bits per heavy atom. The van der Waals surface area contributed by atoms with Gasteiger partial charge in [0.2, 0.25) is 10.0 Å². The van der Waals surface area contributed by atoms with Gasteiger partial charge in [0.15, 0.2) is 0 Å². The van der Waals surface area contributed by atoms with Crippen molar-refractivity contribution < 1.29 is 17.9 Å². The Hall–Kier alpha value is -2.52. The number of amides is 1. The van der Waals surface area contributed by atoms with E-state index in [1.807, 2.05) is 6.92 Å². The molecule has 29 heavy (non-hydrogen) atoms. The lowest BCUT2D eigenvalue weighted by molar-refractivity contribution is 0.0515. The van der Waals surface area contributed by atoms with Gasteiger partial charge in [-0.3, -0.25) is 4.79 Å². The van der Waals surface area contributed by atoms with E-state index in [0.29, 0.717) is 24.7 Å². The van der Waals surface area contributed by atoms with E-state index in [4.69, 9.17) is 4.74 Å². The lowest BCUT2D eigenvalue weighted by Crippen LogP contribution is -2.44. The molecular formula is C20H26N4O4S. The summed E-state index contributed by atoms with van der Waals surface area (Å²) >= 11 is 0. The van der Waals surface area contributed by atoms with Crippen molar-refractivity contribution in [2.45, 2.75) is 37.2 Å². The molecule has 0 N–H and O–H groups in total. The summed E-state index contributed by atoms with van der Waals surface area (Å²) < 4.78 is 31.4. The van der Waals surface area contributed by atoms with Crippen LogP contribution >= 0.6 is 0 Å². The molecule has 1 atom stereocenters. The van der Waals surface area contributed by atoms with E-state index in [1.165, 1.54) is 26.2 Å². The predicted molar refractivity (Wildman–Crippen MR) is 108 cm³/mol. The third kappa shape index (κ3) is 4.91. The van der Waals surface area contributed by atoms with Gasteiger partial charge in [0.05, 0.1) is 11.4 Å². The summed E-state index contributed by atoms with van der Waals surface area (Å²) in [4.78, 5) is 23.2. The molecule has 1 fully saturated rings.